The van der Waals surface area contributed by atoms with E-state index in [4.69, 9.17) is 5.11 Å². The maximum absolute atomic E-state index is 11.0. The number of nitrogens with one attached hydrogen (secondary N) is 2. The molecule has 1 amide bonds. The van der Waals surface area contributed by atoms with Crippen LogP contribution in [0.2, 0.25) is 0 Å². The molecule has 0 saturated carbocycles. The minimum atomic E-state index is -0.510. The summed E-state index contributed by atoms with van der Waals surface area (Å²) in [5.41, 5.74) is 2.60. The smallest absolute Gasteiger partial charge is 0.250 e. The summed E-state index contributed by atoms with van der Waals surface area (Å²) in [6.45, 7) is -0.510. The van der Waals surface area contributed by atoms with Gasteiger partial charge in [-0.3, -0.25) is 4.79 Å². The fourth-order valence-electron chi connectivity index (χ4n) is 1.53. The lowest BCUT2D eigenvalue weighted by atomic mass is 10.2. The van der Waals surface area contributed by atoms with Gasteiger partial charge < -0.3 is 15.7 Å². The highest BCUT2D eigenvalue weighted by atomic mass is 16.3. The van der Waals surface area contributed by atoms with E-state index < -0.39 is 12.5 Å². The van der Waals surface area contributed by atoms with E-state index in [9.17, 15) is 4.79 Å². The fraction of sp³-hybridized carbons (Fsp3) is 0.0714. The Morgan fingerprint density at radius 2 is 1.44 bits per heavy atom. The van der Waals surface area contributed by atoms with E-state index in [0.29, 0.717) is 5.69 Å². The first-order valence-electron chi connectivity index (χ1n) is 5.61. The second-order valence-electron chi connectivity index (χ2n) is 3.77. The molecule has 3 N–H and O–H groups in total. The van der Waals surface area contributed by atoms with Crippen molar-refractivity contribution in [3.8, 4) is 0 Å². The molecule has 4 nitrogen and oxygen atoms in total. The number of benzene rings is 2. The van der Waals surface area contributed by atoms with Gasteiger partial charge in [0.25, 0.3) is 0 Å². The molecule has 0 unspecified atom stereocenters. The van der Waals surface area contributed by atoms with Crippen molar-refractivity contribution in [2.75, 3.05) is 17.2 Å². The van der Waals surface area contributed by atoms with E-state index in [-0.39, 0.29) is 0 Å². The van der Waals surface area contributed by atoms with Crippen molar-refractivity contribution in [1.82, 2.24) is 0 Å². The molecule has 0 aromatic heterocycles. The van der Waals surface area contributed by atoms with Gasteiger partial charge in [-0.25, -0.2) is 0 Å². The van der Waals surface area contributed by atoms with Crippen LogP contribution in [0.4, 0.5) is 17.1 Å². The maximum atomic E-state index is 11.0. The zero-order valence-corrected chi connectivity index (χ0v) is 9.76. The van der Waals surface area contributed by atoms with Crippen molar-refractivity contribution >= 4 is 23.0 Å². The van der Waals surface area contributed by atoms with Crippen LogP contribution in [-0.2, 0) is 4.79 Å². The van der Waals surface area contributed by atoms with Crippen molar-refractivity contribution in [2.45, 2.75) is 0 Å². The molecule has 0 radical (unpaired) electrons. The molecule has 0 atom stereocenters. The van der Waals surface area contributed by atoms with Crippen molar-refractivity contribution in [3.63, 3.8) is 0 Å². The van der Waals surface area contributed by atoms with Gasteiger partial charge in [0.1, 0.15) is 6.61 Å². The molecule has 0 aliphatic rings. The lowest BCUT2D eigenvalue weighted by Crippen LogP contribution is -2.15. The minimum Gasteiger partial charge on any atom is -0.387 e. The zero-order valence-electron chi connectivity index (χ0n) is 9.76. The molecule has 0 spiro atoms. The second kappa shape index (κ2) is 5.84. The van der Waals surface area contributed by atoms with Crippen LogP contribution in [0.5, 0.6) is 0 Å². The number of aliphatic hydroxyl groups is 1. The molecule has 18 heavy (non-hydrogen) atoms. The summed E-state index contributed by atoms with van der Waals surface area (Å²) in [5.74, 6) is -0.418. The van der Waals surface area contributed by atoms with Gasteiger partial charge in [0.2, 0.25) is 5.91 Å². The van der Waals surface area contributed by atoms with Crippen LogP contribution in [-0.4, -0.2) is 17.6 Å². The third kappa shape index (κ3) is 3.33. The second-order valence-corrected chi connectivity index (χ2v) is 3.77. The molecule has 2 aromatic rings. The zero-order chi connectivity index (χ0) is 12.8. The van der Waals surface area contributed by atoms with Gasteiger partial charge in [0.15, 0.2) is 0 Å². The van der Waals surface area contributed by atoms with Gasteiger partial charge >= 0.3 is 0 Å². The number of carbonyl (C=O) groups is 1. The molecule has 2 aromatic carbocycles. The average molecular weight is 242 g/mol. The van der Waals surface area contributed by atoms with Gasteiger partial charge in [-0.05, 0) is 36.4 Å². The van der Waals surface area contributed by atoms with E-state index in [1.165, 1.54) is 0 Å². The highest BCUT2D eigenvalue weighted by Crippen LogP contribution is 2.18. The Morgan fingerprint density at radius 3 is 2.06 bits per heavy atom. The number of amides is 1. The molecule has 0 fully saturated rings. The van der Waals surface area contributed by atoms with Gasteiger partial charge in [-0.15, -0.1) is 0 Å². The molecule has 0 aliphatic carbocycles. The topological polar surface area (TPSA) is 61.4 Å². The first kappa shape index (κ1) is 12.1. The van der Waals surface area contributed by atoms with Gasteiger partial charge in [-0.2, -0.15) is 0 Å². The number of aliphatic hydroxyl groups excluding tert-OH is 1. The molecule has 0 aliphatic heterocycles. The molecule has 4 heteroatoms. The SMILES string of the molecule is O=C(CO)Nc1ccc(Nc2ccccc2)cc1. The largest absolute Gasteiger partial charge is 0.387 e. The van der Waals surface area contributed by atoms with Crippen LogP contribution in [0, 0.1) is 0 Å². The molecular weight excluding hydrogens is 228 g/mol. The minimum absolute atomic E-state index is 0.418. The van der Waals surface area contributed by atoms with Crippen LogP contribution in [0.3, 0.4) is 0 Å². The van der Waals surface area contributed by atoms with Crippen LogP contribution in [0.25, 0.3) is 0 Å². The first-order chi connectivity index (χ1) is 8.78. The predicted molar refractivity (Wildman–Crippen MR) is 71.9 cm³/mol. The summed E-state index contributed by atoms with van der Waals surface area (Å²) >= 11 is 0. The Bertz CT molecular complexity index is 509. The van der Waals surface area contributed by atoms with Crippen LogP contribution in [0.15, 0.2) is 54.6 Å². The summed E-state index contributed by atoms with van der Waals surface area (Å²) in [5, 5.41) is 14.4. The van der Waals surface area contributed by atoms with E-state index in [0.717, 1.165) is 11.4 Å². The lowest BCUT2D eigenvalue weighted by molar-refractivity contribution is -0.118. The number of hydrogen-bond acceptors (Lipinski definition) is 3. The molecule has 0 heterocycles. The molecule has 2 rings (SSSR count). The fourth-order valence-corrected chi connectivity index (χ4v) is 1.53. The van der Waals surface area contributed by atoms with Crippen molar-refractivity contribution < 1.29 is 9.90 Å². The van der Waals surface area contributed by atoms with Gasteiger partial charge in [0.05, 0.1) is 0 Å². The first-order valence-corrected chi connectivity index (χ1v) is 5.61. The number of para-hydroxylation sites is 1. The number of carbonyl (C=O) groups excluding carboxylic acids is 1. The summed E-state index contributed by atoms with van der Waals surface area (Å²) < 4.78 is 0. The number of hydrogen-bond donors (Lipinski definition) is 3. The third-order valence-electron chi connectivity index (χ3n) is 2.37. The number of anilines is 3. The Labute approximate surface area is 105 Å². The standard InChI is InChI=1S/C14H14N2O2/c17-10-14(18)16-13-8-6-12(7-9-13)15-11-4-2-1-3-5-11/h1-9,15,17H,10H2,(H,16,18). The molecular formula is C14H14N2O2. The molecule has 0 bridgehead atoms. The summed E-state index contributed by atoms with van der Waals surface area (Å²) in [7, 11) is 0. The Balaban J connectivity index is 2.02. The van der Waals surface area contributed by atoms with E-state index in [2.05, 4.69) is 10.6 Å². The quantitative estimate of drug-likeness (QED) is 0.771. The molecule has 0 saturated heterocycles. The maximum Gasteiger partial charge on any atom is 0.250 e. The van der Waals surface area contributed by atoms with Crippen molar-refractivity contribution in [3.05, 3.63) is 54.6 Å². The highest BCUT2D eigenvalue weighted by Gasteiger charge is 1.99. The Kier molecular flexibility index (Phi) is 3.94. The Morgan fingerprint density at radius 1 is 0.889 bits per heavy atom. The summed E-state index contributed by atoms with van der Waals surface area (Å²) in [6, 6.07) is 17.1. The molecule has 92 valence electrons. The highest BCUT2D eigenvalue weighted by molar-refractivity contribution is 5.91. The van der Waals surface area contributed by atoms with Crippen molar-refractivity contribution in [1.29, 1.82) is 0 Å². The normalized spacial score (nSPS) is 9.83. The number of rotatable bonds is 4. The van der Waals surface area contributed by atoms with E-state index in [1.807, 2.05) is 42.5 Å². The monoisotopic (exact) mass is 242 g/mol. The van der Waals surface area contributed by atoms with Crippen molar-refractivity contribution in [2.24, 2.45) is 0 Å². The van der Waals surface area contributed by atoms with Crippen LogP contribution < -0.4 is 10.6 Å². The summed E-state index contributed by atoms with van der Waals surface area (Å²) in [6.07, 6.45) is 0. The van der Waals surface area contributed by atoms with E-state index >= 15 is 0 Å². The third-order valence-corrected chi connectivity index (χ3v) is 2.37. The summed E-state index contributed by atoms with van der Waals surface area (Å²) in [4.78, 5) is 11.0. The van der Waals surface area contributed by atoms with E-state index in [1.54, 1.807) is 12.1 Å². The van der Waals surface area contributed by atoms with Crippen LogP contribution >= 0.6 is 0 Å². The van der Waals surface area contributed by atoms with Crippen LogP contribution in [0.1, 0.15) is 0 Å². The lowest BCUT2D eigenvalue weighted by Gasteiger charge is -2.07. The average Bonchev–Trinajstić information content (AvgIpc) is 2.42. The predicted octanol–water partition coefficient (Wildman–Crippen LogP) is 2.36. The van der Waals surface area contributed by atoms with Gasteiger partial charge in [-0.1, -0.05) is 18.2 Å². The Hall–Kier alpha value is -2.33. The van der Waals surface area contributed by atoms with Gasteiger partial charge in [0, 0.05) is 17.1 Å².